The molecule has 3 nitrogen and oxygen atoms in total. The van der Waals surface area contributed by atoms with Crippen molar-refractivity contribution in [1.82, 2.24) is 0 Å². The van der Waals surface area contributed by atoms with Crippen LogP contribution in [0.5, 0.6) is 0 Å². The molecule has 0 saturated heterocycles. The molecule has 2 rings (SSSR count). The highest BCUT2D eigenvalue weighted by Crippen LogP contribution is 2.38. The molecule has 1 fully saturated rings. The van der Waals surface area contributed by atoms with E-state index in [1.165, 1.54) is 0 Å². The summed E-state index contributed by atoms with van der Waals surface area (Å²) in [5, 5.41) is 8.85. The highest BCUT2D eigenvalue weighted by atomic mass is 16.5. The molecule has 3 heteroatoms. The van der Waals surface area contributed by atoms with Gasteiger partial charge in [-0.1, -0.05) is 42.5 Å². The molecule has 0 spiro atoms. The second-order valence-corrected chi connectivity index (χ2v) is 4.73. The van der Waals surface area contributed by atoms with Crippen LogP contribution < -0.4 is 0 Å². The van der Waals surface area contributed by atoms with Gasteiger partial charge in [0.05, 0.1) is 18.6 Å². The molecule has 0 aromatic heterocycles. The zero-order chi connectivity index (χ0) is 12.8. The van der Waals surface area contributed by atoms with E-state index in [-0.39, 0.29) is 6.42 Å². The van der Waals surface area contributed by atoms with E-state index < -0.39 is 11.6 Å². The average molecular weight is 246 g/mol. The Bertz CT molecular complexity index is 419. The minimum Gasteiger partial charge on any atom is -0.481 e. The van der Waals surface area contributed by atoms with Crippen LogP contribution >= 0.6 is 0 Å². The van der Waals surface area contributed by atoms with Gasteiger partial charge in [0, 0.05) is 0 Å². The van der Waals surface area contributed by atoms with Crippen molar-refractivity contribution in [1.29, 1.82) is 0 Å². The maximum absolute atomic E-state index is 10.8. The zero-order valence-electron chi connectivity index (χ0n) is 10.3. The third-order valence-corrected chi connectivity index (χ3v) is 3.33. The number of hydrogen-bond donors (Lipinski definition) is 1. The fourth-order valence-electron chi connectivity index (χ4n) is 2.19. The molecule has 0 bridgehead atoms. The first-order valence-electron chi connectivity index (χ1n) is 6.28. The smallest absolute Gasteiger partial charge is 0.306 e. The largest absolute Gasteiger partial charge is 0.481 e. The molecule has 0 heterocycles. The summed E-state index contributed by atoms with van der Waals surface area (Å²) in [5.74, 6) is -0.776. The average Bonchev–Trinajstić information content (AvgIpc) is 2.32. The Morgan fingerprint density at radius 3 is 2.61 bits per heavy atom. The van der Waals surface area contributed by atoms with Crippen LogP contribution in [0.2, 0.25) is 0 Å². The van der Waals surface area contributed by atoms with Crippen LogP contribution in [-0.4, -0.2) is 23.3 Å². The molecule has 1 aliphatic carbocycles. The summed E-state index contributed by atoms with van der Waals surface area (Å²) in [6, 6.07) is 9.99. The summed E-state index contributed by atoms with van der Waals surface area (Å²) >= 11 is 0. The molecular formula is C15H18O3. The van der Waals surface area contributed by atoms with Crippen LogP contribution in [0.25, 0.3) is 6.08 Å². The Labute approximate surface area is 107 Å². The predicted molar refractivity (Wildman–Crippen MR) is 70.3 cm³/mol. The van der Waals surface area contributed by atoms with Crippen molar-refractivity contribution in [2.45, 2.75) is 31.3 Å². The van der Waals surface area contributed by atoms with E-state index in [0.29, 0.717) is 6.61 Å². The number of carbonyl (C=O) groups is 1. The van der Waals surface area contributed by atoms with Gasteiger partial charge in [0.15, 0.2) is 0 Å². The fourth-order valence-corrected chi connectivity index (χ4v) is 2.19. The fraction of sp³-hybridized carbons (Fsp3) is 0.400. The maximum atomic E-state index is 10.8. The first-order chi connectivity index (χ1) is 8.70. The Morgan fingerprint density at radius 1 is 1.33 bits per heavy atom. The topological polar surface area (TPSA) is 46.5 Å². The number of carboxylic acid groups (broad SMARTS) is 1. The highest BCUT2D eigenvalue weighted by Gasteiger charge is 2.39. The van der Waals surface area contributed by atoms with Gasteiger partial charge in [-0.3, -0.25) is 4.79 Å². The second kappa shape index (κ2) is 5.83. The number of hydrogen-bond acceptors (Lipinski definition) is 2. The molecule has 96 valence electrons. The van der Waals surface area contributed by atoms with Crippen LogP contribution in [0.3, 0.4) is 0 Å². The van der Waals surface area contributed by atoms with Crippen molar-refractivity contribution in [3.8, 4) is 0 Å². The van der Waals surface area contributed by atoms with E-state index in [1.807, 2.05) is 42.5 Å². The Kier molecular flexibility index (Phi) is 4.15. The van der Waals surface area contributed by atoms with E-state index in [0.717, 1.165) is 24.8 Å². The van der Waals surface area contributed by atoms with E-state index in [1.54, 1.807) is 0 Å². The Hall–Kier alpha value is -1.61. The second-order valence-electron chi connectivity index (χ2n) is 4.73. The molecule has 0 amide bonds. The predicted octanol–water partition coefficient (Wildman–Crippen LogP) is 3.11. The molecule has 0 radical (unpaired) electrons. The summed E-state index contributed by atoms with van der Waals surface area (Å²) in [6.45, 7) is 0.474. The number of benzene rings is 1. The minimum absolute atomic E-state index is 0.117. The molecule has 1 aromatic rings. The van der Waals surface area contributed by atoms with Crippen LogP contribution in [0, 0.1) is 0 Å². The lowest BCUT2D eigenvalue weighted by atomic mass is 9.77. The molecule has 1 saturated carbocycles. The Balaban J connectivity index is 1.81. The van der Waals surface area contributed by atoms with Crippen LogP contribution in [0.15, 0.2) is 36.4 Å². The van der Waals surface area contributed by atoms with Crippen LogP contribution in [0.4, 0.5) is 0 Å². The molecule has 0 atom stereocenters. The van der Waals surface area contributed by atoms with Crippen molar-refractivity contribution in [2.24, 2.45) is 0 Å². The first kappa shape index (κ1) is 12.8. The van der Waals surface area contributed by atoms with Gasteiger partial charge in [-0.05, 0) is 24.8 Å². The SMILES string of the molecule is O=C(O)CC1(OC/C=C/c2ccccc2)CCC1. The summed E-state index contributed by atoms with van der Waals surface area (Å²) in [4.78, 5) is 10.8. The molecule has 1 aromatic carbocycles. The first-order valence-corrected chi connectivity index (χ1v) is 6.28. The zero-order valence-corrected chi connectivity index (χ0v) is 10.3. The lowest BCUT2D eigenvalue weighted by molar-refractivity contribution is -0.152. The van der Waals surface area contributed by atoms with Gasteiger partial charge >= 0.3 is 5.97 Å². The van der Waals surface area contributed by atoms with Crippen molar-refractivity contribution >= 4 is 12.0 Å². The quantitative estimate of drug-likeness (QED) is 0.838. The van der Waals surface area contributed by atoms with Gasteiger partial charge in [-0.25, -0.2) is 0 Å². The van der Waals surface area contributed by atoms with Crippen molar-refractivity contribution in [2.75, 3.05) is 6.61 Å². The molecule has 18 heavy (non-hydrogen) atoms. The van der Waals surface area contributed by atoms with Gasteiger partial charge in [0.25, 0.3) is 0 Å². The van der Waals surface area contributed by atoms with Crippen LogP contribution in [0.1, 0.15) is 31.2 Å². The van der Waals surface area contributed by atoms with Gasteiger partial charge in [0.2, 0.25) is 0 Å². The lowest BCUT2D eigenvalue weighted by Crippen LogP contribution is -2.42. The van der Waals surface area contributed by atoms with Gasteiger partial charge in [0.1, 0.15) is 0 Å². The van der Waals surface area contributed by atoms with Gasteiger partial charge < -0.3 is 9.84 Å². The normalized spacial score (nSPS) is 17.6. The number of ether oxygens (including phenoxy) is 1. The van der Waals surface area contributed by atoms with Crippen molar-refractivity contribution < 1.29 is 14.6 Å². The molecular weight excluding hydrogens is 228 g/mol. The summed E-state index contributed by atoms with van der Waals surface area (Å²) < 4.78 is 5.73. The lowest BCUT2D eigenvalue weighted by Gasteiger charge is -2.40. The van der Waals surface area contributed by atoms with E-state index in [4.69, 9.17) is 9.84 Å². The molecule has 0 unspecified atom stereocenters. The minimum atomic E-state index is -0.776. The Morgan fingerprint density at radius 2 is 2.06 bits per heavy atom. The van der Waals surface area contributed by atoms with E-state index in [2.05, 4.69) is 0 Å². The summed E-state index contributed by atoms with van der Waals surface area (Å²) in [6.07, 6.45) is 6.84. The van der Waals surface area contributed by atoms with E-state index >= 15 is 0 Å². The number of aliphatic carboxylic acids is 1. The standard InChI is InChI=1S/C15H18O3/c16-14(17)12-15(9-5-10-15)18-11-4-8-13-6-2-1-3-7-13/h1-4,6-8H,5,9-12H2,(H,16,17)/b8-4+. The third kappa shape index (κ3) is 3.44. The highest BCUT2D eigenvalue weighted by molar-refractivity contribution is 5.68. The maximum Gasteiger partial charge on any atom is 0.306 e. The molecule has 1 aliphatic rings. The van der Waals surface area contributed by atoms with Gasteiger partial charge in [-0.15, -0.1) is 0 Å². The van der Waals surface area contributed by atoms with Crippen LogP contribution in [-0.2, 0) is 9.53 Å². The summed E-state index contributed by atoms with van der Waals surface area (Å²) in [7, 11) is 0. The number of carboxylic acids is 1. The summed E-state index contributed by atoms with van der Waals surface area (Å²) in [5.41, 5.74) is 0.717. The van der Waals surface area contributed by atoms with E-state index in [9.17, 15) is 4.79 Å². The van der Waals surface area contributed by atoms with Crippen molar-refractivity contribution in [3.63, 3.8) is 0 Å². The molecule has 0 aliphatic heterocycles. The van der Waals surface area contributed by atoms with Gasteiger partial charge in [-0.2, -0.15) is 0 Å². The monoisotopic (exact) mass is 246 g/mol. The third-order valence-electron chi connectivity index (χ3n) is 3.33. The number of rotatable bonds is 6. The molecule has 1 N–H and O–H groups in total. The van der Waals surface area contributed by atoms with Crippen molar-refractivity contribution in [3.05, 3.63) is 42.0 Å².